The van der Waals surface area contributed by atoms with E-state index in [2.05, 4.69) is 41.2 Å². The third-order valence-electron chi connectivity index (χ3n) is 3.50. The van der Waals surface area contributed by atoms with Crippen molar-refractivity contribution in [3.8, 4) is 0 Å². The Kier molecular flexibility index (Phi) is 7.97. The van der Waals surface area contributed by atoms with Gasteiger partial charge in [0, 0.05) is 0 Å². The molecule has 0 aliphatic rings. The predicted molar refractivity (Wildman–Crippen MR) is 77.3 cm³/mol. The first-order valence-corrected chi connectivity index (χ1v) is 7.13. The summed E-state index contributed by atoms with van der Waals surface area (Å²) < 4.78 is 5.31. The lowest BCUT2D eigenvalue weighted by molar-refractivity contribution is -0.150. The van der Waals surface area contributed by atoms with Gasteiger partial charge in [-0.15, -0.1) is 0 Å². The summed E-state index contributed by atoms with van der Waals surface area (Å²) in [5.74, 6) is 1.17. The SMILES string of the molecule is C=C(C)C(CC(C(=O)OCCC)C(C)C)C(C)C. The van der Waals surface area contributed by atoms with Crippen LogP contribution in [0.1, 0.15) is 54.4 Å². The van der Waals surface area contributed by atoms with Crippen molar-refractivity contribution in [1.29, 1.82) is 0 Å². The zero-order valence-corrected chi connectivity index (χ0v) is 13.0. The summed E-state index contributed by atoms with van der Waals surface area (Å²) in [7, 11) is 0. The summed E-state index contributed by atoms with van der Waals surface area (Å²) in [6.45, 7) is 17.2. The van der Waals surface area contributed by atoms with Crippen molar-refractivity contribution in [1.82, 2.24) is 0 Å². The molecule has 0 aromatic rings. The highest BCUT2D eigenvalue weighted by Gasteiger charge is 2.28. The topological polar surface area (TPSA) is 26.3 Å². The molecule has 0 bridgehead atoms. The molecule has 0 rings (SSSR count). The van der Waals surface area contributed by atoms with Crippen LogP contribution < -0.4 is 0 Å². The minimum Gasteiger partial charge on any atom is -0.465 e. The number of hydrogen-bond donors (Lipinski definition) is 0. The van der Waals surface area contributed by atoms with E-state index in [1.54, 1.807) is 0 Å². The van der Waals surface area contributed by atoms with Crippen LogP contribution >= 0.6 is 0 Å². The van der Waals surface area contributed by atoms with E-state index in [9.17, 15) is 4.79 Å². The Morgan fingerprint density at radius 1 is 1.11 bits per heavy atom. The summed E-state index contributed by atoms with van der Waals surface area (Å²) in [6.07, 6.45) is 1.73. The van der Waals surface area contributed by atoms with Crippen LogP contribution in [-0.2, 0) is 9.53 Å². The third-order valence-corrected chi connectivity index (χ3v) is 3.50. The molecule has 0 fully saturated rings. The Hall–Kier alpha value is -0.790. The Morgan fingerprint density at radius 2 is 1.61 bits per heavy atom. The fourth-order valence-corrected chi connectivity index (χ4v) is 2.27. The molecular weight excluding hydrogens is 224 g/mol. The monoisotopic (exact) mass is 254 g/mol. The number of hydrogen-bond acceptors (Lipinski definition) is 2. The van der Waals surface area contributed by atoms with Gasteiger partial charge in [0.15, 0.2) is 0 Å². The molecule has 0 saturated carbocycles. The van der Waals surface area contributed by atoms with E-state index in [4.69, 9.17) is 4.74 Å². The highest BCUT2D eigenvalue weighted by Crippen LogP contribution is 2.30. The van der Waals surface area contributed by atoms with E-state index in [1.165, 1.54) is 5.57 Å². The molecule has 0 aliphatic carbocycles. The van der Waals surface area contributed by atoms with Crippen molar-refractivity contribution >= 4 is 5.97 Å². The van der Waals surface area contributed by atoms with Crippen molar-refractivity contribution < 1.29 is 9.53 Å². The molecule has 0 aromatic heterocycles. The molecule has 0 amide bonds. The first kappa shape index (κ1) is 17.2. The van der Waals surface area contributed by atoms with Crippen molar-refractivity contribution in [2.45, 2.75) is 54.4 Å². The van der Waals surface area contributed by atoms with Crippen LogP contribution in [0.15, 0.2) is 12.2 Å². The van der Waals surface area contributed by atoms with Crippen LogP contribution in [0.5, 0.6) is 0 Å². The van der Waals surface area contributed by atoms with Gasteiger partial charge in [-0.3, -0.25) is 4.79 Å². The molecule has 0 heterocycles. The Balaban J connectivity index is 4.69. The molecule has 2 nitrogen and oxygen atoms in total. The van der Waals surface area contributed by atoms with E-state index in [0.29, 0.717) is 24.4 Å². The molecule has 2 atom stereocenters. The predicted octanol–water partition coefficient (Wildman–Crippen LogP) is 4.45. The fraction of sp³-hybridized carbons (Fsp3) is 0.812. The second-order valence-electron chi connectivity index (χ2n) is 5.95. The lowest BCUT2D eigenvalue weighted by Crippen LogP contribution is -2.27. The minimum atomic E-state index is -0.0428. The molecule has 0 spiro atoms. The lowest BCUT2D eigenvalue weighted by Gasteiger charge is -2.27. The van der Waals surface area contributed by atoms with Gasteiger partial charge in [0.1, 0.15) is 0 Å². The van der Waals surface area contributed by atoms with Crippen molar-refractivity contribution in [2.24, 2.45) is 23.7 Å². The summed E-state index contributed by atoms with van der Waals surface area (Å²) in [6, 6.07) is 0. The molecule has 2 unspecified atom stereocenters. The Bertz CT molecular complexity index is 266. The lowest BCUT2D eigenvalue weighted by atomic mass is 9.78. The molecule has 0 aliphatic heterocycles. The number of rotatable bonds is 8. The molecule has 2 heteroatoms. The average Bonchev–Trinajstić information content (AvgIpc) is 2.25. The van der Waals surface area contributed by atoms with Crippen LogP contribution in [0.3, 0.4) is 0 Å². The Morgan fingerprint density at radius 3 is 1.94 bits per heavy atom. The number of allylic oxidation sites excluding steroid dienone is 1. The van der Waals surface area contributed by atoms with Gasteiger partial charge in [0.05, 0.1) is 12.5 Å². The molecular formula is C16H30O2. The first-order valence-electron chi connectivity index (χ1n) is 7.13. The molecule has 0 radical (unpaired) electrons. The van der Waals surface area contributed by atoms with Gasteiger partial charge in [0.2, 0.25) is 0 Å². The van der Waals surface area contributed by atoms with Gasteiger partial charge in [-0.05, 0) is 37.5 Å². The largest absolute Gasteiger partial charge is 0.465 e. The normalized spacial score (nSPS) is 14.7. The highest BCUT2D eigenvalue weighted by molar-refractivity contribution is 5.72. The van der Waals surface area contributed by atoms with E-state index in [0.717, 1.165) is 12.8 Å². The zero-order chi connectivity index (χ0) is 14.3. The number of ether oxygens (including phenoxy) is 1. The van der Waals surface area contributed by atoms with Crippen LogP contribution in [0, 0.1) is 23.7 Å². The summed E-state index contributed by atoms with van der Waals surface area (Å²) >= 11 is 0. The van der Waals surface area contributed by atoms with Gasteiger partial charge in [-0.2, -0.15) is 0 Å². The van der Waals surface area contributed by atoms with E-state index < -0.39 is 0 Å². The maximum absolute atomic E-state index is 12.1. The van der Waals surface area contributed by atoms with Gasteiger partial charge in [-0.25, -0.2) is 0 Å². The Labute approximate surface area is 113 Å². The smallest absolute Gasteiger partial charge is 0.309 e. The summed E-state index contributed by atoms with van der Waals surface area (Å²) in [4.78, 5) is 12.1. The van der Waals surface area contributed by atoms with E-state index in [-0.39, 0.29) is 11.9 Å². The molecule has 0 saturated heterocycles. The van der Waals surface area contributed by atoms with E-state index >= 15 is 0 Å². The van der Waals surface area contributed by atoms with Crippen molar-refractivity contribution in [2.75, 3.05) is 6.61 Å². The van der Waals surface area contributed by atoms with Crippen LogP contribution in [-0.4, -0.2) is 12.6 Å². The molecule has 0 aromatic carbocycles. The maximum atomic E-state index is 12.1. The zero-order valence-electron chi connectivity index (χ0n) is 13.0. The van der Waals surface area contributed by atoms with Gasteiger partial charge >= 0.3 is 5.97 Å². The second-order valence-corrected chi connectivity index (χ2v) is 5.95. The molecule has 106 valence electrons. The number of carbonyl (C=O) groups is 1. The standard InChI is InChI=1S/C16H30O2/c1-8-9-18-16(17)15(13(6)7)10-14(11(2)3)12(4)5/h12-15H,2,8-10H2,1,3-7H3. The summed E-state index contributed by atoms with van der Waals surface area (Å²) in [5.41, 5.74) is 1.17. The fourth-order valence-electron chi connectivity index (χ4n) is 2.27. The van der Waals surface area contributed by atoms with Crippen LogP contribution in [0.2, 0.25) is 0 Å². The quantitative estimate of drug-likeness (QED) is 0.472. The molecule has 18 heavy (non-hydrogen) atoms. The third kappa shape index (κ3) is 5.70. The number of esters is 1. The van der Waals surface area contributed by atoms with Crippen LogP contribution in [0.25, 0.3) is 0 Å². The van der Waals surface area contributed by atoms with Crippen molar-refractivity contribution in [3.63, 3.8) is 0 Å². The average molecular weight is 254 g/mol. The minimum absolute atomic E-state index is 0.0133. The molecule has 0 N–H and O–H groups in total. The summed E-state index contributed by atoms with van der Waals surface area (Å²) in [5, 5.41) is 0. The van der Waals surface area contributed by atoms with Crippen LogP contribution in [0.4, 0.5) is 0 Å². The maximum Gasteiger partial charge on any atom is 0.309 e. The van der Waals surface area contributed by atoms with Gasteiger partial charge in [0.25, 0.3) is 0 Å². The van der Waals surface area contributed by atoms with Gasteiger partial charge in [-0.1, -0.05) is 46.8 Å². The second kappa shape index (κ2) is 8.34. The first-order chi connectivity index (χ1) is 8.31. The highest BCUT2D eigenvalue weighted by atomic mass is 16.5. The number of carbonyl (C=O) groups excluding carboxylic acids is 1. The van der Waals surface area contributed by atoms with Gasteiger partial charge < -0.3 is 4.74 Å². The van der Waals surface area contributed by atoms with Crippen molar-refractivity contribution in [3.05, 3.63) is 12.2 Å². The van der Waals surface area contributed by atoms with E-state index in [1.807, 2.05) is 6.92 Å².